The van der Waals surface area contributed by atoms with Gasteiger partial charge in [0.2, 0.25) is 5.91 Å². The van der Waals surface area contributed by atoms with Crippen LogP contribution in [0, 0.1) is 0 Å². The van der Waals surface area contributed by atoms with Crippen LogP contribution in [0.5, 0.6) is 0 Å². The third-order valence-electron chi connectivity index (χ3n) is 6.99. The second-order valence-corrected chi connectivity index (χ2v) is 9.28. The van der Waals surface area contributed by atoms with Crippen LogP contribution in [0.2, 0.25) is 0 Å². The van der Waals surface area contributed by atoms with Gasteiger partial charge in [0.25, 0.3) is 0 Å². The van der Waals surface area contributed by atoms with Crippen LogP contribution >= 0.6 is 0 Å². The summed E-state index contributed by atoms with van der Waals surface area (Å²) in [5, 5.41) is 8.05. The lowest BCUT2D eigenvalue weighted by Gasteiger charge is -2.32. The van der Waals surface area contributed by atoms with Crippen molar-refractivity contribution in [3.63, 3.8) is 0 Å². The molecular formula is C26H33N7O. The normalized spacial score (nSPS) is 16.9. The van der Waals surface area contributed by atoms with Gasteiger partial charge in [-0.15, -0.1) is 0 Å². The third kappa shape index (κ3) is 5.12. The fourth-order valence-corrected chi connectivity index (χ4v) is 5.02. The molecule has 0 aliphatic carbocycles. The first-order valence-electron chi connectivity index (χ1n) is 12.3. The Labute approximate surface area is 200 Å². The van der Waals surface area contributed by atoms with Gasteiger partial charge in [-0.05, 0) is 42.9 Å². The molecule has 178 valence electrons. The van der Waals surface area contributed by atoms with Crippen molar-refractivity contribution < 1.29 is 4.79 Å². The molecule has 2 aliphatic heterocycles. The summed E-state index contributed by atoms with van der Waals surface area (Å²) < 4.78 is 0. The van der Waals surface area contributed by atoms with E-state index in [9.17, 15) is 4.79 Å². The molecule has 4 heterocycles. The lowest BCUT2D eigenvalue weighted by Crippen LogP contribution is -2.41. The van der Waals surface area contributed by atoms with Crippen molar-refractivity contribution in [3.8, 4) is 0 Å². The number of hydrogen-bond acceptors (Lipinski definition) is 7. The van der Waals surface area contributed by atoms with E-state index in [1.807, 2.05) is 17.2 Å². The van der Waals surface area contributed by atoms with Crippen molar-refractivity contribution in [1.82, 2.24) is 24.8 Å². The summed E-state index contributed by atoms with van der Waals surface area (Å²) in [7, 11) is 0. The molecule has 2 N–H and O–H groups in total. The van der Waals surface area contributed by atoms with Gasteiger partial charge in [-0.2, -0.15) is 0 Å². The topological polar surface area (TPSA) is 86.3 Å². The van der Waals surface area contributed by atoms with Gasteiger partial charge in [-0.25, -0.2) is 15.0 Å². The van der Waals surface area contributed by atoms with E-state index in [0.717, 1.165) is 87.5 Å². The number of amides is 1. The summed E-state index contributed by atoms with van der Waals surface area (Å²) in [6, 6.07) is 11.0. The molecule has 0 saturated carbocycles. The maximum atomic E-state index is 11.6. The molecule has 1 fully saturated rings. The number of nitrogens with zero attached hydrogens (tertiary/aromatic N) is 5. The zero-order valence-corrected chi connectivity index (χ0v) is 19.8. The van der Waals surface area contributed by atoms with Crippen molar-refractivity contribution in [2.24, 2.45) is 0 Å². The van der Waals surface area contributed by atoms with Gasteiger partial charge in [-0.3, -0.25) is 9.69 Å². The Balaban J connectivity index is 1.17. The minimum absolute atomic E-state index is 0.148. The van der Waals surface area contributed by atoms with Crippen molar-refractivity contribution in [3.05, 3.63) is 54.0 Å². The van der Waals surface area contributed by atoms with E-state index < -0.39 is 0 Å². The van der Waals surface area contributed by atoms with E-state index in [2.05, 4.69) is 54.8 Å². The van der Waals surface area contributed by atoms with Gasteiger partial charge >= 0.3 is 0 Å². The number of anilines is 2. The Morgan fingerprint density at radius 2 is 1.85 bits per heavy atom. The molecule has 8 heteroatoms. The fourth-order valence-electron chi connectivity index (χ4n) is 5.02. The van der Waals surface area contributed by atoms with E-state index in [-0.39, 0.29) is 11.9 Å². The van der Waals surface area contributed by atoms with Gasteiger partial charge < -0.3 is 15.5 Å². The summed E-state index contributed by atoms with van der Waals surface area (Å²) in [5.41, 5.74) is 3.79. The van der Waals surface area contributed by atoms with Crippen molar-refractivity contribution in [2.45, 2.75) is 45.2 Å². The molecule has 0 atom stereocenters. The molecule has 2 aliphatic rings. The van der Waals surface area contributed by atoms with Crippen LogP contribution in [0.25, 0.3) is 10.9 Å². The van der Waals surface area contributed by atoms with Crippen LogP contribution in [0.3, 0.4) is 0 Å². The van der Waals surface area contributed by atoms with Gasteiger partial charge in [0.1, 0.15) is 17.7 Å². The SMILES string of the molecule is CC(=O)N1CCC(Nc2nccc3c(NCCCN4CCc5ccccc5C4)ncnc23)CC1. The number of fused-ring (bicyclic) bond motifs is 2. The van der Waals surface area contributed by atoms with Crippen LogP contribution < -0.4 is 10.6 Å². The van der Waals surface area contributed by atoms with Gasteiger partial charge in [0.05, 0.1) is 0 Å². The molecule has 0 unspecified atom stereocenters. The summed E-state index contributed by atoms with van der Waals surface area (Å²) in [5.74, 6) is 1.79. The van der Waals surface area contributed by atoms with Crippen LogP contribution in [0.15, 0.2) is 42.9 Å². The smallest absolute Gasteiger partial charge is 0.219 e. The van der Waals surface area contributed by atoms with E-state index in [0.29, 0.717) is 0 Å². The minimum Gasteiger partial charge on any atom is -0.369 e. The van der Waals surface area contributed by atoms with Crippen molar-refractivity contribution in [2.75, 3.05) is 43.4 Å². The molecule has 1 aromatic carbocycles. The number of hydrogen-bond donors (Lipinski definition) is 2. The fraction of sp³-hybridized carbons (Fsp3) is 0.462. The number of rotatable bonds is 7. The Morgan fingerprint density at radius 3 is 2.68 bits per heavy atom. The molecule has 1 amide bonds. The number of piperidine rings is 1. The van der Waals surface area contributed by atoms with Crippen molar-refractivity contribution in [1.29, 1.82) is 0 Å². The average molecular weight is 460 g/mol. The Kier molecular flexibility index (Phi) is 6.85. The summed E-state index contributed by atoms with van der Waals surface area (Å²) in [6.07, 6.45) is 7.44. The van der Waals surface area contributed by atoms with E-state index in [1.54, 1.807) is 13.3 Å². The quantitative estimate of drug-likeness (QED) is 0.524. The Hall–Kier alpha value is -3.26. The van der Waals surface area contributed by atoms with Crippen LogP contribution in [0.1, 0.15) is 37.3 Å². The lowest BCUT2D eigenvalue weighted by molar-refractivity contribution is -0.129. The molecule has 5 rings (SSSR count). The van der Waals surface area contributed by atoms with Crippen LogP contribution in [-0.4, -0.2) is 69.4 Å². The zero-order chi connectivity index (χ0) is 23.3. The number of aromatic nitrogens is 3. The predicted octanol–water partition coefficient (Wildman–Crippen LogP) is 3.31. The van der Waals surface area contributed by atoms with Gasteiger partial charge in [0.15, 0.2) is 5.82 Å². The molecule has 1 saturated heterocycles. The Morgan fingerprint density at radius 1 is 1.03 bits per heavy atom. The van der Waals surface area contributed by atoms with Gasteiger partial charge in [-0.1, -0.05) is 24.3 Å². The van der Waals surface area contributed by atoms with Crippen molar-refractivity contribution >= 4 is 28.4 Å². The maximum absolute atomic E-state index is 11.6. The molecular weight excluding hydrogens is 426 g/mol. The number of benzene rings is 1. The second-order valence-electron chi connectivity index (χ2n) is 9.28. The van der Waals surface area contributed by atoms with Crippen LogP contribution in [-0.2, 0) is 17.8 Å². The standard InChI is InChI=1S/C26H33N7O/c1-19(34)33-15-9-22(10-16-33)31-26-24-23(7-12-28-26)25(30-18-29-24)27-11-4-13-32-14-8-20-5-2-3-6-21(20)17-32/h2-3,5-7,12,18,22H,4,8-11,13-17H2,1H3,(H,28,31)(H,27,29,30). The highest BCUT2D eigenvalue weighted by Gasteiger charge is 2.22. The van der Waals surface area contributed by atoms with E-state index in [4.69, 9.17) is 0 Å². The number of pyridine rings is 1. The molecule has 0 bridgehead atoms. The van der Waals surface area contributed by atoms with Crippen LogP contribution in [0.4, 0.5) is 11.6 Å². The monoisotopic (exact) mass is 459 g/mol. The lowest BCUT2D eigenvalue weighted by atomic mass is 10.00. The Bertz CT molecular complexity index is 1140. The maximum Gasteiger partial charge on any atom is 0.219 e. The predicted molar refractivity (Wildman–Crippen MR) is 135 cm³/mol. The minimum atomic E-state index is 0.148. The number of nitrogens with one attached hydrogen (secondary N) is 2. The highest BCUT2D eigenvalue weighted by Crippen LogP contribution is 2.26. The first-order valence-corrected chi connectivity index (χ1v) is 12.3. The number of carbonyl (C=O) groups is 1. The van der Waals surface area contributed by atoms with E-state index in [1.165, 1.54) is 11.1 Å². The molecule has 8 nitrogen and oxygen atoms in total. The summed E-state index contributed by atoms with van der Waals surface area (Å²) in [6.45, 7) is 7.29. The summed E-state index contributed by atoms with van der Waals surface area (Å²) in [4.78, 5) is 29.6. The number of likely N-dealkylation sites (tertiary alicyclic amines) is 1. The molecule has 3 aromatic rings. The molecule has 34 heavy (non-hydrogen) atoms. The highest BCUT2D eigenvalue weighted by atomic mass is 16.2. The molecule has 2 aromatic heterocycles. The largest absolute Gasteiger partial charge is 0.369 e. The first kappa shape index (κ1) is 22.5. The van der Waals surface area contributed by atoms with E-state index >= 15 is 0 Å². The average Bonchev–Trinajstić information content (AvgIpc) is 2.87. The summed E-state index contributed by atoms with van der Waals surface area (Å²) >= 11 is 0. The molecule has 0 spiro atoms. The first-order chi connectivity index (χ1) is 16.7. The second kappa shape index (κ2) is 10.3. The zero-order valence-electron chi connectivity index (χ0n) is 19.8. The van der Waals surface area contributed by atoms with Gasteiger partial charge in [0, 0.05) is 63.8 Å². The third-order valence-corrected chi connectivity index (χ3v) is 6.99. The highest BCUT2D eigenvalue weighted by molar-refractivity contribution is 5.95. The number of carbonyl (C=O) groups excluding carboxylic acids is 1. The molecule has 0 radical (unpaired) electrons.